The van der Waals surface area contributed by atoms with Crippen LogP contribution in [0.2, 0.25) is 0 Å². The third-order valence-electron chi connectivity index (χ3n) is 16.9. The average Bonchev–Trinajstić information content (AvgIpc) is 1.64. The number of halogens is 3. The van der Waals surface area contributed by atoms with Crippen LogP contribution in [0.25, 0.3) is 43.1 Å². The lowest BCUT2D eigenvalue weighted by molar-refractivity contribution is -0.134. The molecule has 8 amide bonds. The highest BCUT2D eigenvalue weighted by molar-refractivity contribution is 6.81. The molecule has 12 aromatic rings. The summed E-state index contributed by atoms with van der Waals surface area (Å²) in [4.78, 5) is 127. The highest BCUT2D eigenvalue weighted by atomic mass is 35.5. The Labute approximate surface area is 755 Å². The molecule has 128 heavy (non-hydrogen) atoms. The molecule has 12 N–H and O–H groups in total. The lowest BCUT2D eigenvalue weighted by Gasteiger charge is -2.10. The van der Waals surface area contributed by atoms with E-state index in [-0.39, 0.29) is 93.8 Å². The minimum atomic E-state index is -0.818. The fourth-order valence-corrected chi connectivity index (χ4v) is 11.1. The van der Waals surface area contributed by atoms with Gasteiger partial charge in [0, 0.05) is 107 Å². The van der Waals surface area contributed by atoms with Gasteiger partial charge in [0.15, 0.2) is 11.4 Å². The minimum absolute atomic E-state index is 0. The molecule has 0 saturated carbocycles. The molecule has 2 aromatic heterocycles. The van der Waals surface area contributed by atoms with Gasteiger partial charge in [0.2, 0.25) is 0 Å². The Bertz CT molecular complexity index is 5890. The zero-order chi connectivity index (χ0) is 92.1. The van der Waals surface area contributed by atoms with Gasteiger partial charge in [-0.05, 0) is 141 Å². The maximum Gasteiger partial charge on any atom is 0.372 e. The number of aliphatic hydroxyl groups is 1. The second-order valence-electron chi connectivity index (χ2n) is 25.4. The number of carbonyl (C=O) groups is 11. The zero-order valence-electron chi connectivity index (χ0n) is 68.6. The smallest absolute Gasteiger partial charge is 0.372 e. The Kier molecular flexibility index (Phi) is 49.4. The Balaban J connectivity index is 0.000000507. The first kappa shape index (κ1) is 107. The van der Waals surface area contributed by atoms with Crippen molar-refractivity contribution in [1.29, 1.82) is 11.1 Å². The summed E-state index contributed by atoms with van der Waals surface area (Å²) in [6.45, 7) is 6.08. The lowest BCUT2D eigenvalue weighted by atomic mass is 10.1. The standard InChI is InChI=1S/C19H18N2O4.C17H15N3O4.C15H13NO.C12H9NO2.C11H7ClO.C8H5NO2.C4H6ClNO3.C4H7N.C4H6O.CH4.ClH.H2N2.H2/c1-2-24-19(23)17-12-16(25-21-17)9-10-20-18(22)15-8-7-13-5-3-4-6-14(13)11-15;21-16(13-6-5-11-3-1-2-4-12(11)9-13)18-8-7-14-10-15(20-24-14)17(22)19-23;1-2-3-10-16-15(17)14-9-8-12-6-4-5-7-13(12)11-14;1-2-3-8-13-11(14)9-6-4-5-7-10(9)12(13)15;12-11(13)10-6-5-8-3-1-2-4-9(8)7-10;10-7-5-3-1-2-4-6(5)8(11)9-7;1-2-9-4(7)3(5)6-8;2*1-2-3-4-5;;;1-2;/h3-8,11-12H,2,9-10H2,1H3,(H,20,22);1-6,9-10,23H,7-8H2,(H,18,21)(H,19,22);1,4-9,11H,3,10H2,(H,16,17);1,4-7H,3,8H2;1-7H;1-4H,(H,9,10,11);8H,2H2,1H3;1H,3-5H2;1,5H,3-4H2;1H4;1H;1-2H;1H/b;;;;;;6-3-;;;;;;. The normalized spacial score (nSPS) is 10.6. The van der Waals surface area contributed by atoms with E-state index >= 15 is 0 Å². The van der Waals surface area contributed by atoms with Gasteiger partial charge in [0.05, 0.1) is 42.1 Å². The summed E-state index contributed by atoms with van der Waals surface area (Å²) >= 11 is 10.4. The van der Waals surface area contributed by atoms with Crippen molar-refractivity contribution in [2.24, 2.45) is 10.9 Å². The number of imide groups is 2. The van der Waals surface area contributed by atoms with Crippen LogP contribution in [0.1, 0.15) is 164 Å². The van der Waals surface area contributed by atoms with Crippen LogP contribution in [0.3, 0.4) is 0 Å². The van der Waals surface area contributed by atoms with E-state index in [1.807, 2.05) is 146 Å². The molecular weight excluding hydrogens is 1700 g/mol. The monoisotopic (exact) mass is 1800 g/mol. The fraction of sp³-hybridized carbons (Fsp3) is 0.179. The molecule has 0 radical (unpaired) electrons. The maximum absolute atomic E-state index is 12.2. The van der Waals surface area contributed by atoms with Gasteiger partial charge in [0.25, 0.3) is 57.7 Å². The summed E-state index contributed by atoms with van der Waals surface area (Å²) in [7, 11) is 0. The Morgan fingerprint density at radius 2 is 0.844 bits per heavy atom. The molecule has 2 aliphatic heterocycles. The number of hydrogen-bond donors (Lipinski definition) is 11. The minimum Gasteiger partial charge on any atom is -0.461 e. The van der Waals surface area contributed by atoms with E-state index in [0.717, 1.165) is 43.1 Å². The topological polar surface area (TPSA) is 468 Å². The molecule has 0 atom stereocenters. The summed E-state index contributed by atoms with van der Waals surface area (Å²) in [5, 5.41) is 52.1. The second kappa shape index (κ2) is 59.3. The van der Waals surface area contributed by atoms with Crippen LogP contribution >= 0.6 is 35.6 Å². The van der Waals surface area contributed by atoms with E-state index in [4.69, 9.17) is 95.0 Å². The van der Waals surface area contributed by atoms with Crippen LogP contribution in [0.15, 0.2) is 245 Å². The number of hydrogen-bond acceptors (Lipinski definition) is 24. The van der Waals surface area contributed by atoms with Crippen molar-refractivity contribution in [2.75, 3.05) is 52.5 Å². The van der Waals surface area contributed by atoms with Gasteiger partial charge in [0.1, 0.15) is 11.5 Å². The summed E-state index contributed by atoms with van der Waals surface area (Å²) in [6.07, 6.45) is 22.7. The van der Waals surface area contributed by atoms with Crippen molar-refractivity contribution < 1.29 is 88.2 Å². The number of fused-ring (bicyclic) bond motifs is 6. The molecule has 30 nitrogen and oxygen atoms in total. The molecule has 0 unspecified atom stereocenters. The van der Waals surface area contributed by atoms with E-state index in [1.165, 1.54) is 22.5 Å². The number of aliphatic hydroxyl groups excluding tert-OH is 1. The van der Waals surface area contributed by atoms with Gasteiger partial charge in [-0.3, -0.25) is 58.6 Å². The largest absolute Gasteiger partial charge is 0.461 e. The quantitative estimate of drug-likeness (QED) is 0.00304. The van der Waals surface area contributed by atoms with Gasteiger partial charge in [-0.25, -0.2) is 26.1 Å². The number of benzene rings is 10. The predicted molar refractivity (Wildman–Crippen MR) is 492 cm³/mol. The van der Waals surface area contributed by atoms with Crippen molar-refractivity contribution in [2.45, 2.75) is 59.8 Å². The highest BCUT2D eigenvalue weighted by Gasteiger charge is 2.34. The van der Waals surface area contributed by atoms with Gasteiger partial charge >= 0.3 is 11.9 Å². The molecule has 0 bridgehead atoms. The van der Waals surface area contributed by atoms with E-state index in [2.05, 4.69) is 65.2 Å². The number of ether oxygens (including phenoxy) is 2. The molecule has 0 saturated heterocycles. The van der Waals surface area contributed by atoms with Gasteiger partial charge in [-0.1, -0.05) is 180 Å². The summed E-state index contributed by atoms with van der Waals surface area (Å²) in [6, 6.07) is 70.2. The highest BCUT2D eigenvalue weighted by Crippen LogP contribution is 2.24. The maximum atomic E-state index is 12.2. The number of carbonyl (C=O) groups excluding carboxylic acids is 11. The third-order valence-corrected chi connectivity index (χ3v) is 17.3. The molecule has 0 fully saturated rings. The van der Waals surface area contributed by atoms with Crippen LogP contribution in [0.4, 0.5) is 0 Å². The number of rotatable bonds is 21. The molecule has 0 spiro atoms. The second-order valence-corrected chi connectivity index (χ2v) is 26.1. The van der Waals surface area contributed by atoms with Crippen LogP contribution < -0.4 is 32.5 Å². The van der Waals surface area contributed by atoms with Gasteiger partial charge in [-0.15, -0.1) is 61.8 Å². The number of nitrogens with zero attached hydrogens (tertiary/aromatic N) is 4. The van der Waals surface area contributed by atoms with Crippen molar-refractivity contribution in [3.8, 4) is 49.4 Å². The molecule has 10 aromatic carbocycles. The van der Waals surface area contributed by atoms with E-state index in [1.54, 1.807) is 86.6 Å². The average molecular weight is 1800 g/mol. The summed E-state index contributed by atoms with van der Waals surface area (Å²) in [5.41, 5.74) is 20.9. The molecule has 14 rings (SSSR count). The summed E-state index contributed by atoms with van der Waals surface area (Å²) < 4.78 is 19.2. The SMILES string of the molecule is C.C#CCCN.C#CCCN1C(=O)c2ccccc2C1=O.C#CCCNC(=O)c1ccc2ccccc2c1.C#CCCO.CCOC(=O)/C(Cl)=N/O.CCOC(=O)c1cc(CCNC(=O)c2ccc3ccccc3c2)on1.Cl.N=N.O=C(Cl)c1ccc2ccccc2c1.O=C(NCCc1cc(C(=O)NO)no1)c1ccc2ccccc2c1.O=C1NC(=O)c2ccccc21.[HH]. The van der Waals surface area contributed by atoms with Gasteiger partial charge in [-0.2, -0.15) is 0 Å². The van der Waals surface area contributed by atoms with Crippen molar-refractivity contribution in [3.63, 3.8) is 0 Å². The van der Waals surface area contributed by atoms with Crippen LogP contribution in [-0.2, 0) is 27.1 Å². The molecule has 4 heterocycles. The van der Waals surface area contributed by atoms with Crippen molar-refractivity contribution in [3.05, 3.63) is 298 Å². The van der Waals surface area contributed by atoms with Crippen LogP contribution in [-0.4, -0.2) is 153 Å². The first-order chi connectivity index (χ1) is 61.0. The molecular formula is C95H95Cl3N12O18. The Morgan fingerprint density at radius 1 is 0.492 bits per heavy atom. The van der Waals surface area contributed by atoms with E-state index in [9.17, 15) is 52.7 Å². The number of hydroxylamine groups is 1. The van der Waals surface area contributed by atoms with Crippen LogP contribution in [0, 0.1) is 60.4 Å². The summed E-state index contributed by atoms with van der Waals surface area (Å²) in [5.74, 6) is 6.93. The number of nitrogens with one attached hydrogen (secondary N) is 7. The predicted octanol–water partition coefficient (Wildman–Crippen LogP) is 15.0. The van der Waals surface area contributed by atoms with Gasteiger partial charge < -0.3 is 50.5 Å². The fourth-order valence-electron chi connectivity index (χ4n) is 10.9. The van der Waals surface area contributed by atoms with E-state index < -0.39 is 28.3 Å². The first-order valence-electron chi connectivity index (χ1n) is 38.3. The molecule has 0 aliphatic carbocycles. The van der Waals surface area contributed by atoms with Crippen LogP contribution in [0.5, 0.6) is 0 Å². The number of nitrogens with two attached hydrogens (primary N) is 1. The number of esters is 2. The molecule has 2 aliphatic rings. The lowest BCUT2D eigenvalue weighted by Crippen LogP contribution is -2.30. The first-order valence-corrected chi connectivity index (χ1v) is 39.0. The molecule has 664 valence electrons. The number of oxime groups is 1. The Morgan fingerprint density at radius 3 is 1.19 bits per heavy atom. The molecule has 33 heteroatoms. The number of terminal acetylenes is 4. The zero-order valence-corrected chi connectivity index (χ0v) is 71.0. The van der Waals surface area contributed by atoms with E-state index in [0.29, 0.717) is 127 Å². The number of aromatic nitrogens is 2. The van der Waals surface area contributed by atoms with Crippen molar-refractivity contribution >= 4 is 148 Å². The Hall–Kier alpha value is -15.5. The number of amides is 8. The third kappa shape index (κ3) is 34.7. The van der Waals surface area contributed by atoms with Crippen molar-refractivity contribution in [1.82, 2.24) is 42.0 Å².